The van der Waals surface area contributed by atoms with E-state index in [2.05, 4.69) is 27.9 Å². The lowest BCUT2D eigenvalue weighted by molar-refractivity contribution is 1.21. The van der Waals surface area contributed by atoms with Crippen molar-refractivity contribution in [3.63, 3.8) is 0 Å². The minimum atomic E-state index is 0.436. The van der Waals surface area contributed by atoms with Crippen molar-refractivity contribution in [2.45, 2.75) is 13.8 Å². The van der Waals surface area contributed by atoms with Crippen LogP contribution in [0.5, 0.6) is 0 Å². The van der Waals surface area contributed by atoms with Crippen molar-refractivity contribution < 1.29 is 0 Å². The third-order valence-corrected chi connectivity index (χ3v) is 4.00. The first kappa shape index (κ1) is 12.7. The van der Waals surface area contributed by atoms with Gasteiger partial charge in [-0.05, 0) is 19.4 Å². The summed E-state index contributed by atoms with van der Waals surface area (Å²) >= 11 is 1.57. The number of rotatable bonds is 2. The Morgan fingerprint density at radius 3 is 2.55 bits per heavy atom. The van der Waals surface area contributed by atoms with Gasteiger partial charge in [0.2, 0.25) is 0 Å². The molecule has 3 rings (SSSR count). The molecule has 0 saturated carbocycles. The largest absolute Gasteiger partial charge is 0.382 e. The Labute approximate surface area is 121 Å². The quantitative estimate of drug-likeness (QED) is 0.781. The first-order chi connectivity index (χ1) is 9.65. The van der Waals surface area contributed by atoms with E-state index in [-0.39, 0.29) is 0 Å². The highest BCUT2D eigenvalue weighted by Crippen LogP contribution is 2.30. The van der Waals surface area contributed by atoms with Crippen LogP contribution in [0.15, 0.2) is 36.7 Å². The molecule has 1 aromatic carbocycles. The maximum Gasteiger partial charge on any atom is 0.150 e. The van der Waals surface area contributed by atoms with Gasteiger partial charge in [-0.25, -0.2) is 15.0 Å². The fraction of sp³-hybridized carbons (Fsp3) is 0.133. The molecule has 0 atom stereocenters. The van der Waals surface area contributed by atoms with Gasteiger partial charge in [0.05, 0.1) is 21.8 Å². The van der Waals surface area contributed by atoms with Crippen LogP contribution in [0.2, 0.25) is 0 Å². The molecule has 0 aliphatic carbocycles. The molecule has 100 valence electrons. The molecular formula is C15H14N4S. The van der Waals surface area contributed by atoms with Crippen molar-refractivity contribution in [3.05, 3.63) is 47.2 Å². The molecule has 3 aromatic rings. The Kier molecular flexibility index (Phi) is 3.20. The molecule has 0 aliphatic heterocycles. The first-order valence-corrected chi connectivity index (χ1v) is 7.08. The van der Waals surface area contributed by atoms with Gasteiger partial charge in [-0.1, -0.05) is 24.3 Å². The number of nitrogens with two attached hydrogens (primary N) is 1. The topological polar surface area (TPSA) is 64.7 Å². The summed E-state index contributed by atoms with van der Waals surface area (Å²) in [6, 6.07) is 8.11. The SMILES string of the molecule is Cc1ncc(-c2nc(-c3ccccc3C)cnc2N)s1. The standard InChI is InChI=1S/C15H14N4S/c1-9-5-3-4-6-11(9)12-7-18-15(16)14(19-12)13-8-17-10(2)20-13/h3-8H,1-2H3,(H2,16,18). The highest BCUT2D eigenvalue weighted by Gasteiger charge is 2.12. The molecule has 4 nitrogen and oxygen atoms in total. The van der Waals surface area contributed by atoms with Gasteiger partial charge < -0.3 is 5.73 Å². The van der Waals surface area contributed by atoms with Gasteiger partial charge in [0.1, 0.15) is 5.69 Å². The highest BCUT2D eigenvalue weighted by molar-refractivity contribution is 7.15. The second-order valence-electron chi connectivity index (χ2n) is 4.55. The van der Waals surface area contributed by atoms with Crippen LogP contribution in [0.4, 0.5) is 5.82 Å². The van der Waals surface area contributed by atoms with Crippen LogP contribution >= 0.6 is 11.3 Å². The second-order valence-corrected chi connectivity index (χ2v) is 5.78. The van der Waals surface area contributed by atoms with Crippen LogP contribution in [0, 0.1) is 13.8 Å². The number of hydrogen-bond donors (Lipinski definition) is 1. The number of thiazole rings is 1. The molecule has 0 bridgehead atoms. The zero-order valence-corrected chi connectivity index (χ0v) is 12.1. The lowest BCUT2D eigenvalue weighted by Crippen LogP contribution is -1.98. The number of anilines is 1. The summed E-state index contributed by atoms with van der Waals surface area (Å²) < 4.78 is 0. The number of hydrogen-bond acceptors (Lipinski definition) is 5. The zero-order chi connectivity index (χ0) is 14.1. The molecule has 2 heterocycles. The van der Waals surface area contributed by atoms with E-state index in [1.807, 2.05) is 25.1 Å². The van der Waals surface area contributed by atoms with Crippen LogP contribution < -0.4 is 5.73 Å². The van der Waals surface area contributed by atoms with E-state index in [1.54, 1.807) is 23.7 Å². The predicted molar refractivity (Wildman–Crippen MR) is 82.5 cm³/mol. The molecule has 0 unspecified atom stereocenters. The van der Waals surface area contributed by atoms with Gasteiger partial charge in [0, 0.05) is 11.8 Å². The maximum absolute atomic E-state index is 5.95. The molecule has 2 N–H and O–H groups in total. The van der Waals surface area contributed by atoms with E-state index in [0.29, 0.717) is 11.5 Å². The number of benzene rings is 1. The molecule has 0 aliphatic rings. The second kappa shape index (κ2) is 5.02. The van der Waals surface area contributed by atoms with Crippen molar-refractivity contribution in [1.82, 2.24) is 15.0 Å². The molecule has 0 amide bonds. The third kappa shape index (κ3) is 2.28. The average Bonchev–Trinajstić information content (AvgIpc) is 2.87. The fourth-order valence-electron chi connectivity index (χ4n) is 2.04. The van der Waals surface area contributed by atoms with E-state index in [0.717, 1.165) is 26.7 Å². The summed E-state index contributed by atoms with van der Waals surface area (Å²) in [6.45, 7) is 4.02. The normalized spacial score (nSPS) is 10.7. The monoisotopic (exact) mass is 282 g/mol. The van der Waals surface area contributed by atoms with Crippen LogP contribution in [-0.4, -0.2) is 15.0 Å². The van der Waals surface area contributed by atoms with Crippen LogP contribution in [-0.2, 0) is 0 Å². The Balaban J connectivity index is 2.14. The summed E-state index contributed by atoms with van der Waals surface area (Å²) in [5, 5.41) is 0.988. The van der Waals surface area contributed by atoms with E-state index >= 15 is 0 Å². The highest BCUT2D eigenvalue weighted by atomic mass is 32.1. The van der Waals surface area contributed by atoms with E-state index < -0.39 is 0 Å². The molecule has 0 spiro atoms. The predicted octanol–water partition coefficient (Wildman–Crippen LogP) is 3.47. The number of aromatic nitrogens is 3. The number of nitrogen functional groups attached to an aromatic ring is 1. The van der Waals surface area contributed by atoms with Gasteiger partial charge in [0.25, 0.3) is 0 Å². The van der Waals surface area contributed by atoms with Crippen molar-refractivity contribution in [2.24, 2.45) is 0 Å². The van der Waals surface area contributed by atoms with Gasteiger partial charge >= 0.3 is 0 Å². The maximum atomic E-state index is 5.95. The van der Waals surface area contributed by atoms with Crippen molar-refractivity contribution in [1.29, 1.82) is 0 Å². The minimum absolute atomic E-state index is 0.436. The van der Waals surface area contributed by atoms with Crippen molar-refractivity contribution in [2.75, 3.05) is 5.73 Å². The lowest BCUT2D eigenvalue weighted by Gasteiger charge is -2.07. The van der Waals surface area contributed by atoms with Crippen LogP contribution in [0.3, 0.4) is 0 Å². The Hall–Kier alpha value is -2.27. The summed E-state index contributed by atoms with van der Waals surface area (Å²) in [5.74, 6) is 0.436. The molecule has 5 heteroatoms. The summed E-state index contributed by atoms with van der Waals surface area (Å²) in [5.41, 5.74) is 9.73. The fourth-order valence-corrected chi connectivity index (χ4v) is 2.82. The van der Waals surface area contributed by atoms with Crippen LogP contribution in [0.1, 0.15) is 10.6 Å². The van der Waals surface area contributed by atoms with Crippen molar-refractivity contribution in [3.8, 4) is 21.8 Å². The van der Waals surface area contributed by atoms with E-state index in [9.17, 15) is 0 Å². The third-order valence-electron chi connectivity index (χ3n) is 3.08. The van der Waals surface area contributed by atoms with E-state index in [4.69, 9.17) is 5.73 Å². The summed E-state index contributed by atoms with van der Waals surface area (Å²) in [7, 11) is 0. The Bertz CT molecular complexity index is 764. The number of nitrogens with zero attached hydrogens (tertiary/aromatic N) is 3. The van der Waals surface area contributed by atoms with Crippen LogP contribution in [0.25, 0.3) is 21.8 Å². The minimum Gasteiger partial charge on any atom is -0.382 e. The van der Waals surface area contributed by atoms with Gasteiger partial charge in [-0.2, -0.15) is 0 Å². The summed E-state index contributed by atoms with van der Waals surface area (Å²) in [6.07, 6.45) is 3.51. The lowest BCUT2D eigenvalue weighted by atomic mass is 10.1. The van der Waals surface area contributed by atoms with Gasteiger partial charge in [-0.3, -0.25) is 0 Å². The first-order valence-electron chi connectivity index (χ1n) is 6.26. The average molecular weight is 282 g/mol. The number of aryl methyl sites for hydroxylation is 2. The molecule has 0 fully saturated rings. The Morgan fingerprint density at radius 1 is 1.05 bits per heavy atom. The van der Waals surface area contributed by atoms with Crippen molar-refractivity contribution >= 4 is 17.2 Å². The molecule has 2 aromatic heterocycles. The zero-order valence-electron chi connectivity index (χ0n) is 11.3. The molecule has 0 radical (unpaired) electrons. The van der Waals surface area contributed by atoms with Gasteiger partial charge in [0.15, 0.2) is 5.82 Å². The Morgan fingerprint density at radius 2 is 1.85 bits per heavy atom. The molecule has 20 heavy (non-hydrogen) atoms. The molecular weight excluding hydrogens is 268 g/mol. The van der Waals surface area contributed by atoms with E-state index in [1.165, 1.54) is 0 Å². The molecule has 0 saturated heterocycles. The van der Waals surface area contributed by atoms with Gasteiger partial charge in [-0.15, -0.1) is 11.3 Å². The summed E-state index contributed by atoms with van der Waals surface area (Å²) in [4.78, 5) is 14.1. The smallest absolute Gasteiger partial charge is 0.150 e.